The molecule has 0 aliphatic rings. The number of hydrogen-bond acceptors (Lipinski definition) is 4. The number of nitrogens with zero attached hydrogens (tertiary/aromatic N) is 2. The first-order valence-corrected chi connectivity index (χ1v) is 6.54. The number of carboxylic acid groups (broad SMARTS) is 1. The van der Waals surface area contributed by atoms with Gasteiger partial charge in [0.1, 0.15) is 0 Å². The fraction of sp³-hybridized carbons (Fsp3) is 0.545. The fourth-order valence-electron chi connectivity index (χ4n) is 1.36. The molecule has 5 nitrogen and oxygen atoms in total. The molecule has 0 amide bonds. The first kappa shape index (κ1) is 13.8. The van der Waals surface area contributed by atoms with Crippen LogP contribution in [0.4, 0.5) is 0 Å². The van der Waals surface area contributed by atoms with Crippen LogP contribution >= 0.6 is 11.8 Å². The van der Waals surface area contributed by atoms with E-state index in [1.165, 1.54) is 6.07 Å². The van der Waals surface area contributed by atoms with E-state index in [2.05, 4.69) is 11.9 Å². The highest BCUT2D eigenvalue weighted by Gasteiger charge is 2.06. The number of carboxylic acids is 1. The van der Waals surface area contributed by atoms with Crippen LogP contribution in [0.5, 0.6) is 0 Å². The van der Waals surface area contributed by atoms with Gasteiger partial charge in [-0.2, -0.15) is 4.98 Å². The molecule has 0 atom stereocenters. The lowest BCUT2D eigenvalue weighted by Gasteiger charge is -2.10. The third kappa shape index (κ3) is 5.04. The van der Waals surface area contributed by atoms with Crippen molar-refractivity contribution in [2.24, 2.45) is 0 Å². The zero-order chi connectivity index (χ0) is 12.7. The summed E-state index contributed by atoms with van der Waals surface area (Å²) in [4.78, 5) is 25.5. The van der Waals surface area contributed by atoms with Crippen LogP contribution in [0.3, 0.4) is 0 Å². The molecule has 0 bridgehead atoms. The summed E-state index contributed by atoms with van der Waals surface area (Å²) in [6.07, 6.45) is 4.90. The molecule has 6 heteroatoms. The Kier molecular flexibility index (Phi) is 5.76. The van der Waals surface area contributed by atoms with Gasteiger partial charge in [-0.3, -0.25) is 9.59 Å². The molecular formula is C11H16N2O3S. The van der Waals surface area contributed by atoms with E-state index in [-0.39, 0.29) is 11.3 Å². The molecule has 0 aliphatic carbocycles. The van der Waals surface area contributed by atoms with Gasteiger partial charge >= 0.3 is 5.97 Å². The molecule has 0 unspecified atom stereocenters. The van der Waals surface area contributed by atoms with Gasteiger partial charge in [0.25, 0.3) is 5.56 Å². The van der Waals surface area contributed by atoms with Crippen molar-refractivity contribution in [2.45, 2.75) is 37.9 Å². The summed E-state index contributed by atoms with van der Waals surface area (Å²) in [5.74, 6) is -0.988. The lowest BCUT2D eigenvalue weighted by atomic mass is 10.2. The van der Waals surface area contributed by atoms with Gasteiger partial charge in [0.05, 0.1) is 5.75 Å². The molecule has 17 heavy (non-hydrogen) atoms. The molecule has 1 heterocycles. The maximum Gasteiger partial charge on any atom is 0.313 e. The Labute approximate surface area is 104 Å². The minimum atomic E-state index is -0.909. The molecule has 0 aliphatic heterocycles. The van der Waals surface area contributed by atoms with Crippen LogP contribution in [-0.2, 0) is 11.3 Å². The van der Waals surface area contributed by atoms with Crippen molar-refractivity contribution in [3.8, 4) is 0 Å². The largest absolute Gasteiger partial charge is 0.481 e. The molecule has 0 saturated carbocycles. The van der Waals surface area contributed by atoms with E-state index in [1.54, 1.807) is 6.20 Å². The molecule has 1 aromatic rings. The second-order valence-corrected chi connectivity index (χ2v) is 4.57. The fourth-order valence-corrected chi connectivity index (χ4v) is 2.08. The number of unbranched alkanes of at least 4 members (excludes halogenated alkanes) is 2. The average Bonchev–Trinajstić information content (AvgIpc) is 2.29. The molecule has 0 spiro atoms. The first-order valence-electron chi connectivity index (χ1n) is 5.55. The van der Waals surface area contributed by atoms with Crippen LogP contribution in [-0.4, -0.2) is 26.4 Å². The van der Waals surface area contributed by atoms with E-state index >= 15 is 0 Å². The lowest BCUT2D eigenvalue weighted by Crippen LogP contribution is -2.14. The molecule has 1 N–H and O–H groups in total. The highest BCUT2D eigenvalue weighted by molar-refractivity contribution is 7.99. The highest BCUT2D eigenvalue weighted by Crippen LogP contribution is 2.14. The summed E-state index contributed by atoms with van der Waals surface area (Å²) in [7, 11) is 0. The predicted molar refractivity (Wildman–Crippen MR) is 66.4 cm³/mol. The first-order chi connectivity index (χ1) is 8.13. The minimum Gasteiger partial charge on any atom is -0.481 e. The summed E-state index contributed by atoms with van der Waals surface area (Å²) in [5, 5.41) is 9.10. The number of aliphatic carboxylic acids is 1. The van der Waals surface area contributed by atoms with E-state index in [4.69, 9.17) is 5.11 Å². The third-order valence-electron chi connectivity index (χ3n) is 2.18. The maximum absolute atomic E-state index is 11.1. The maximum atomic E-state index is 11.1. The van der Waals surface area contributed by atoms with Crippen molar-refractivity contribution in [3.05, 3.63) is 22.6 Å². The number of aromatic nitrogens is 2. The van der Waals surface area contributed by atoms with Crippen LogP contribution < -0.4 is 5.56 Å². The standard InChI is InChI=1S/C11H16N2O3S/c1-2-3-4-6-13-7-5-9(14)12-11(13)17-8-10(15)16/h5,7H,2-4,6,8H2,1H3,(H,15,16). The zero-order valence-electron chi connectivity index (χ0n) is 9.76. The molecule has 0 saturated heterocycles. The summed E-state index contributed by atoms with van der Waals surface area (Å²) in [6.45, 7) is 2.88. The molecule has 0 fully saturated rings. The van der Waals surface area contributed by atoms with Crippen molar-refractivity contribution < 1.29 is 9.90 Å². The molecule has 0 aromatic carbocycles. The van der Waals surface area contributed by atoms with Crippen molar-refractivity contribution in [1.29, 1.82) is 0 Å². The number of aryl methyl sites for hydroxylation is 1. The summed E-state index contributed by atoms with van der Waals surface area (Å²) < 4.78 is 1.84. The van der Waals surface area contributed by atoms with Crippen molar-refractivity contribution in [2.75, 3.05) is 5.75 Å². The summed E-state index contributed by atoms with van der Waals surface area (Å²) in [6, 6.07) is 1.40. The summed E-state index contributed by atoms with van der Waals surface area (Å²) >= 11 is 1.08. The number of carbonyl (C=O) groups is 1. The van der Waals surface area contributed by atoms with Crippen LogP contribution in [0.2, 0.25) is 0 Å². The second kappa shape index (κ2) is 7.11. The monoisotopic (exact) mass is 256 g/mol. The van der Waals surface area contributed by atoms with Crippen LogP contribution in [0.1, 0.15) is 26.2 Å². The average molecular weight is 256 g/mol. The molecule has 1 aromatic heterocycles. The topological polar surface area (TPSA) is 72.2 Å². The summed E-state index contributed by atoms with van der Waals surface area (Å²) in [5.41, 5.74) is -0.329. The smallest absolute Gasteiger partial charge is 0.313 e. The Balaban J connectivity index is 2.72. The number of rotatable bonds is 7. The second-order valence-electron chi connectivity index (χ2n) is 3.63. The van der Waals surface area contributed by atoms with Crippen molar-refractivity contribution in [3.63, 3.8) is 0 Å². The SMILES string of the molecule is CCCCCn1ccc(=O)nc1SCC(=O)O. The van der Waals surface area contributed by atoms with Crippen molar-refractivity contribution >= 4 is 17.7 Å². The predicted octanol–water partition coefficient (Wildman–Crippen LogP) is 1.61. The van der Waals surface area contributed by atoms with Crippen LogP contribution in [0.25, 0.3) is 0 Å². The van der Waals surface area contributed by atoms with Crippen LogP contribution in [0, 0.1) is 0 Å². The Bertz CT molecular complexity index is 431. The number of hydrogen-bond donors (Lipinski definition) is 1. The molecule has 0 radical (unpaired) electrons. The molecular weight excluding hydrogens is 240 g/mol. The minimum absolute atomic E-state index is 0.0791. The van der Waals surface area contributed by atoms with E-state index in [0.717, 1.165) is 37.6 Å². The highest BCUT2D eigenvalue weighted by atomic mass is 32.2. The molecule has 94 valence electrons. The van der Waals surface area contributed by atoms with Gasteiger partial charge in [0.2, 0.25) is 0 Å². The normalized spacial score (nSPS) is 10.4. The Morgan fingerprint density at radius 1 is 1.53 bits per heavy atom. The van der Waals surface area contributed by atoms with Gasteiger partial charge in [-0.05, 0) is 6.42 Å². The Morgan fingerprint density at radius 2 is 2.29 bits per heavy atom. The lowest BCUT2D eigenvalue weighted by molar-refractivity contribution is -0.133. The van der Waals surface area contributed by atoms with E-state index in [1.807, 2.05) is 4.57 Å². The Hall–Kier alpha value is -1.30. The van der Waals surface area contributed by atoms with E-state index in [9.17, 15) is 9.59 Å². The van der Waals surface area contributed by atoms with Gasteiger partial charge in [-0.25, -0.2) is 0 Å². The van der Waals surface area contributed by atoms with Gasteiger partial charge in [-0.1, -0.05) is 31.5 Å². The number of thioether (sulfide) groups is 1. The molecule has 1 rings (SSSR count). The zero-order valence-corrected chi connectivity index (χ0v) is 10.6. The van der Waals surface area contributed by atoms with E-state index < -0.39 is 5.97 Å². The van der Waals surface area contributed by atoms with E-state index in [0.29, 0.717) is 5.16 Å². The van der Waals surface area contributed by atoms with Crippen LogP contribution in [0.15, 0.2) is 22.2 Å². The third-order valence-corrected chi connectivity index (χ3v) is 3.15. The quantitative estimate of drug-likeness (QED) is 0.456. The Morgan fingerprint density at radius 3 is 2.94 bits per heavy atom. The van der Waals surface area contributed by atoms with Gasteiger partial charge in [0, 0.05) is 18.8 Å². The van der Waals surface area contributed by atoms with Gasteiger partial charge in [-0.15, -0.1) is 0 Å². The van der Waals surface area contributed by atoms with Gasteiger partial charge in [0.15, 0.2) is 5.16 Å². The van der Waals surface area contributed by atoms with Crippen molar-refractivity contribution in [1.82, 2.24) is 9.55 Å². The van der Waals surface area contributed by atoms with Gasteiger partial charge < -0.3 is 9.67 Å².